The van der Waals surface area contributed by atoms with Gasteiger partial charge in [0.05, 0.1) is 12.0 Å². The molecule has 0 radical (unpaired) electrons. The summed E-state index contributed by atoms with van der Waals surface area (Å²) in [4.78, 5) is 23.8. The molecule has 5 nitrogen and oxygen atoms in total. The summed E-state index contributed by atoms with van der Waals surface area (Å²) in [7, 11) is 0. The number of hydrogen-bond donors (Lipinski definition) is 0. The van der Waals surface area contributed by atoms with Crippen LogP contribution in [0.2, 0.25) is 0 Å². The van der Waals surface area contributed by atoms with E-state index < -0.39 is 5.41 Å². The molecular formula is C19H30O5. The van der Waals surface area contributed by atoms with Crippen molar-refractivity contribution in [2.45, 2.75) is 59.0 Å². The Bertz CT molecular complexity index is 504. The molecule has 5 heteroatoms. The molecule has 0 heterocycles. The Morgan fingerprint density at radius 2 is 1.83 bits per heavy atom. The van der Waals surface area contributed by atoms with Crippen LogP contribution in [0.15, 0.2) is 0 Å². The molecule has 136 valence electrons. The van der Waals surface area contributed by atoms with Crippen LogP contribution in [0.5, 0.6) is 0 Å². The minimum atomic E-state index is -0.519. The van der Waals surface area contributed by atoms with E-state index in [0.717, 1.165) is 11.8 Å². The summed E-state index contributed by atoms with van der Waals surface area (Å²) in [6.45, 7) is 7.83. The van der Waals surface area contributed by atoms with Gasteiger partial charge in [-0.25, -0.2) is 4.79 Å². The van der Waals surface area contributed by atoms with Gasteiger partial charge in [0.25, 0.3) is 0 Å². The highest BCUT2D eigenvalue weighted by Crippen LogP contribution is 2.63. The third-order valence-corrected chi connectivity index (χ3v) is 6.17. The minimum absolute atomic E-state index is 0.0732. The first kappa shape index (κ1) is 17.7. The van der Waals surface area contributed by atoms with Crippen molar-refractivity contribution in [3.63, 3.8) is 0 Å². The number of hydrogen-bond acceptors (Lipinski definition) is 5. The Hall–Kier alpha value is -1.10. The van der Waals surface area contributed by atoms with Crippen LogP contribution in [0.3, 0.4) is 0 Å². The van der Waals surface area contributed by atoms with E-state index in [9.17, 15) is 9.59 Å². The van der Waals surface area contributed by atoms with Gasteiger partial charge >= 0.3 is 11.9 Å². The van der Waals surface area contributed by atoms with Gasteiger partial charge in [0, 0.05) is 5.92 Å². The van der Waals surface area contributed by atoms with Gasteiger partial charge in [-0.3, -0.25) is 4.79 Å². The Kier molecular flexibility index (Phi) is 4.67. The average Bonchev–Trinajstić information content (AvgIpc) is 2.87. The fraction of sp³-hybridized carbons (Fsp3) is 0.895. The van der Waals surface area contributed by atoms with Crippen LogP contribution >= 0.6 is 0 Å². The second-order valence-electron chi connectivity index (χ2n) is 8.97. The lowest BCUT2D eigenvalue weighted by Gasteiger charge is -2.41. The molecule has 0 spiro atoms. The molecule has 0 aliphatic heterocycles. The number of carbonyl (C=O) groups is 2. The fourth-order valence-electron chi connectivity index (χ4n) is 5.03. The molecule has 4 bridgehead atoms. The lowest BCUT2D eigenvalue weighted by atomic mass is 9.73. The van der Waals surface area contributed by atoms with Crippen LogP contribution in [0.1, 0.15) is 53.4 Å². The van der Waals surface area contributed by atoms with Gasteiger partial charge in [-0.05, 0) is 71.1 Å². The van der Waals surface area contributed by atoms with E-state index in [1.54, 1.807) is 20.8 Å². The SMILES string of the molecule is CC(C)(C)C(=O)OCCOCC(=O)OC1(C)C2CC3CC(C2)C1C3. The van der Waals surface area contributed by atoms with Crippen molar-refractivity contribution in [3.8, 4) is 0 Å². The Morgan fingerprint density at radius 1 is 1.08 bits per heavy atom. The molecule has 5 atom stereocenters. The minimum Gasteiger partial charge on any atom is -0.463 e. The highest BCUT2D eigenvalue weighted by atomic mass is 16.6. The topological polar surface area (TPSA) is 61.8 Å². The summed E-state index contributed by atoms with van der Waals surface area (Å²) < 4.78 is 16.3. The van der Waals surface area contributed by atoms with Gasteiger partial charge in [0.1, 0.15) is 18.8 Å². The van der Waals surface area contributed by atoms with Crippen LogP contribution in [0, 0.1) is 29.1 Å². The smallest absolute Gasteiger partial charge is 0.332 e. The Balaban J connectivity index is 1.37. The van der Waals surface area contributed by atoms with Crippen molar-refractivity contribution in [2.24, 2.45) is 29.1 Å². The molecule has 4 aliphatic rings. The summed E-state index contributed by atoms with van der Waals surface area (Å²) >= 11 is 0. The zero-order valence-corrected chi connectivity index (χ0v) is 15.3. The maximum absolute atomic E-state index is 12.2. The number of ether oxygens (including phenoxy) is 3. The van der Waals surface area contributed by atoms with Gasteiger partial charge < -0.3 is 14.2 Å². The monoisotopic (exact) mass is 338 g/mol. The first-order valence-electron chi connectivity index (χ1n) is 9.17. The zero-order valence-electron chi connectivity index (χ0n) is 15.3. The van der Waals surface area contributed by atoms with Crippen molar-refractivity contribution in [3.05, 3.63) is 0 Å². The molecule has 4 aliphatic carbocycles. The van der Waals surface area contributed by atoms with Crippen LogP contribution in [-0.4, -0.2) is 37.4 Å². The van der Waals surface area contributed by atoms with E-state index in [-0.39, 0.29) is 37.4 Å². The van der Waals surface area contributed by atoms with Gasteiger partial charge in [-0.1, -0.05) is 0 Å². The molecule has 4 rings (SSSR count). The highest BCUT2D eigenvalue weighted by molar-refractivity contribution is 5.75. The van der Waals surface area contributed by atoms with Crippen molar-refractivity contribution in [2.75, 3.05) is 19.8 Å². The van der Waals surface area contributed by atoms with Crippen molar-refractivity contribution < 1.29 is 23.8 Å². The van der Waals surface area contributed by atoms with Gasteiger partial charge in [0.15, 0.2) is 0 Å². The molecule has 4 fully saturated rings. The normalized spacial score (nSPS) is 36.8. The maximum Gasteiger partial charge on any atom is 0.332 e. The number of rotatable bonds is 6. The summed E-state index contributed by atoms with van der Waals surface area (Å²) in [5.41, 5.74) is -0.814. The molecular weight excluding hydrogens is 308 g/mol. The van der Waals surface area contributed by atoms with Crippen LogP contribution in [0.4, 0.5) is 0 Å². The number of carbonyl (C=O) groups excluding carboxylic acids is 2. The Morgan fingerprint density at radius 3 is 2.50 bits per heavy atom. The van der Waals surface area contributed by atoms with Gasteiger partial charge in [0.2, 0.25) is 0 Å². The molecule has 0 aromatic rings. The van der Waals surface area contributed by atoms with Crippen LogP contribution < -0.4 is 0 Å². The third kappa shape index (κ3) is 3.32. The van der Waals surface area contributed by atoms with Crippen molar-refractivity contribution >= 4 is 11.9 Å². The van der Waals surface area contributed by atoms with Gasteiger partial charge in [-0.2, -0.15) is 0 Å². The molecule has 0 amide bonds. The fourth-order valence-corrected chi connectivity index (χ4v) is 5.03. The summed E-state index contributed by atoms with van der Waals surface area (Å²) in [5, 5.41) is 0. The standard InChI is InChI=1S/C19H30O5/c1-18(2,3)17(21)23-6-5-22-11-16(20)24-19(4)14-8-12-7-13(10-14)15(19)9-12/h12-15H,5-11H2,1-4H3. The highest BCUT2D eigenvalue weighted by Gasteiger charge is 2.62. The van der Waals surface area contributed by atoms with Gasteiger partial charge in [-0.15, -0.1) is 0 Å². The lowest BCUT2D eigenvalue weighted by molar-refractivity contribution is -0.176. The quantitative estimate of drug-likeness (QED) is 0.550. The molecule has 24 heavy (non-hydrogen) atoms. The molecule has 0 aromatic carbocycles. The largest absolute Gasteiger partial charge is 0.463 e. The van der Waals surface area contributed by atoms with E-state index in [0.29, 0.717) is 11.8 Å². The van der Waals surface area contributed by atoms with E-state index in [4.69, 9.17) is 14.2 Å². The van der Waals surface area contributed by atoms with E-state index in [1.807, 2.05) is 0 Å². The first-order valence-corrected chi connectivity index (χ1v) is 9.17. The lowest BCUT2D eigenvalue weighted by Crippen LogP contribution is -2.45. The van der Waals surface area contributed by atoms with E-state index >= 15 is 0 Å². The summed E-state index contributed by atoms with van der Waals surface area (Å²) in [6, 6.07) is 0. The van der Waals surface area contributed by atoms with Crippen LogP contribution in [-0.2, 0) is 23.8 Å². The van der Waals surface area contributed by atoms with E-state index in [2.05, 4.69) is 6.92 Å². The summed E-state index contributed by atoms with van der Waals surface area (Å²) in [5.74, 6) is 2.12. The van der Waals surface area contributed by atoms with E-state index in [1.165, 1.54) is 25.7 Å². The maximum atomic E-state index is 12.2. The molecule has 4 saturated carbocycles. The predicted octanol–water partition coefficient (Wildman–Crippen LogP) is 2.96. The zero-order chi connectivity index (χ0) is 17.5. The molecule has 0 aromatic heterocycles. The Labute approximate surface area is 144 Å². The second-order valence-corrected chi connectivity index (χ2v) is 8.97. The molecule has 0 saturated heterocycles. The molecule has 0 N–H and O–H groups in total. The molecule has 5 unspecified atom stereocenters. The summed E-state index contributed by atoms with van der Waals surface area (Å²) in [6.07, 6.45) is 4.97. The predicted molar refractivity (Wildman–Crippen MR) is 88.2 cm³/mol. The number of esters is 2. The van der Waals surface area contributed by atoms with Crippen LogP contribution in [0.25, 0.3) is 0 Å². The van der Waals surface area contributed by atoms with Crippen molar-refractivity contribution in [1.82, 2.24) is 0 Å². The first-order chi connectivity index (χ1) is 11.2. The van der Waals surface area contributed by atoms with Crippen molar-refractivity contribution in [1.29, 1.82) is 0 Å². The second kappa shape index (κ2) is 6.32. The third-order valence-electron chi connectivity index (χ3n) is 6.17. The average molecular weight is 338 g/mol.